The van der Waals surface area contributed by atoms with Gasteiger partial charge in [0, 0.05) is 23.7 Å². The molecule has 0 bridgehead atoms. The van der Waals surface area contributed by atoms with Crippen molar-refractivity contribution in [3.05, 3.63) is 63.2 Å². The van der Waals surface area contributed by atoms with E-state index >= 15 is 0 Å². The van der Waals surface area contributed by atoms with Crippen LogP contribution in [0.25, 0.3) is 0 Å². The Hall–Kier alpha value is -1.82. The molecule has 0 saturated carbocycles. The second-order valence-electron chi connectivity index (χ2n) is 3.82. The van der Waals surface area contributed by atoms with Crippen molar-refractivity contribution in [3.63, 3.8) is 0 Å². The average molecular weight is 315 g/mol. The van der Waals surface area contributed by atoms with Gasteiger partial charge in [0.15, 0.2) is 0 Å². The molecule has 20 heavy (non-hydrogen) atoms. The van der Waals surface area contributed by atoms with Crippen LogP contribution < -0.4 is 10.5 Å². The molecule has 106 valence electrons. The fourth-order valence-corrected chi connectivity index (χ4v) is 1.75. The third-order valence-electron chi connectivity index (χ3n) is 2.48. The molecule has 7 heteroatoms. The van der Waals surface area contributed by atoms with Crippen LogP contribution in [0.1, 0.15) is 5.56 Å². The van der Waals surface area contributed by atoms with Crippen molar-refractivity contribution in [1.29, 1.82) is 0 Å². The molecular weight excluding hydrogens is 303 g/mol. The molecule has 0 aromatic heterocycles. The van der Waals surface area contributed by atoms with Crippen LogP contribution in [-0.4, -0.2) is 4.92 Å². The molecule has 2 rings (SSSR count). The highest BCUT2D eigenvalue weighted by atomic mass is 35.5. The summed E-state index contributed by atoms with van der Waals surface area (Å²) >= 11 is 5.82. The van der Waals surface area contributed by atoms with Crippen LogP contribution in [0.4, 0.5) is 5.69 Å². The molecule has 0 atom stereocenters. The second-order valence-corrected chi connectivity index (χ2v) is 4.26. The number of hydrogen-bond acceptors (Lipinski definition) is 4. The van der Waals surface area contributed by atoms with E-state index in [9.17, 15) is 10.1 Å². The van der Waals surface area contributed by atoms with E-state index in [1.165, 1.54) is 18.2 Å². The maximum absolute atomic E-state index is 10.9. The number of rotatable bonds is 4. The van der Waals surface area contributed by atoms with Gasteiger partial charge in [-0.25, -0.2) is 0 Å². The summed E-state index contributed by atoms with van der Waals surface area (Å²) in [6.45, 7) is 0.370. The van der Waals surface area contributed by atoms with Gasteiger partial charge in [0.1, 0.15) is 5.75 Å². The molecule has 0 amide bonds. The molecule has 0 spiro atoms. The van der Waals surface area contributed by atoms with Crippen LogP contribution in [-0.2, 0) is 6.54 Å². The smallest absolute Gasteiger partial charge is 0.311 e. The highest BCUT2D eigenvalue weighted by Gasteiger charge is 2.16. The van der Waals surface area contributed by atoms with Crippen molar-refractivity contribution in [3.8, 4) is 11.5 Å². The first-order valence-electron chi connectivity index (χ1n) is 5.51. The lowest BCUT2D eigenvalue weighted by atomic mass is 10.2. The van der Waals surface area contributed by atoms with Crippen LogP contribution in [0.2, 0.25) is 5.02 Å². The lowest BCUT2D eigenvalue weighted by Gasteiger charge is -2.07. The lowest BCUT2D eigenvalue weighted by Crippen LogP contribution is -1.97. The van der Waals surface area contributed by atoms with Gasteiger partial charge in [-0.3, -0.25) is 10.1 Å². The Morgan fingerprint density at radius 1 is 1.25 bits per heavy atom. The van der Waals surface area contributed by atoms with E-state index in [1.807, 2.05) is 6.07 Å². The van der Waals surface area contributed by atoms with E-state index in [-0.39, 0.29) is 23.8 Å². The van der Waals surface area contributed by atoms with Gasteiger partial charge in [0.25, 0.3) is 0 Å². The van der Waals surface area contributed by atoms with Gasteiger partial charge < -0.3 is 10.5 Å². The summed E-state index contributed by atoms with van der Waals surface area (Å²) in [6.07, 6.45) is 0. The third-order valence-corrected chi connectivity index (χ3v) is 2.72. The monoisotopic (exact) mass is 314 g/mol. The maximum Gasteiger partial charge on any atom is 0.311 e. The lowest BCUT2D eigenvalue weighted by molar-refractivity contribution is -0.385. The van der Waals surface area contributed by atoms with Gasteiger partial charge in [-0.15, -0.1) is 12.4 Å². The van der Waals surface area contributed by atoms with E-state index < -0.39 is 4.92 Å². The van der Waals surface area contributed by atoms with Crippen molar-refractivity contribution in [1.82, 2.24) is 0 Å². The Labute approximate surface area is 126 Å². The maximum atomic E-state index is 10.9. The summed E-state index contributed by atoms with van der Waals surface area (Å²) < 4.78 is 5.51. The second kappa shape index (κ2) is 7.09. The fraction of sp³-hybridized carbons (Fsp3) is 0.0769. The molecule has 0 aliphatic heterocycles. The molecule has 0 aliphatic rings. The predicted molar refractivity (Wildman–Crippen MR) is 79.8 cm³/mol. The van der Waals surface area contributed by atoms with Crippen LogP contribution in [0.3, 0.4) is 0 Å². The first kappa shape index (κ1) is 16.2. The van der Waals surface area contributed by atoms with Crippen molar-refractivity contribution in [2.24, 2.45) is 5.73 Å². The number of halogens is 2. The Kier molecular flexibility index (Phi) is 5.76. The summed E-state index contributed by atoms with van der Waals surface area (Å²) in [5.74, 6) is 0.583. The van der Waals surface area contributed by atoms with E-state index in [2.05, 4.69) is 0 Å². The molecule has 0 saturated heterocycles. The van der Waals surface area contributed by atoms with Gasteiger partial charge >= 0.3 is 5.69 Å². The third kappa shape index (κ3) is 3.84. The predicted octanol–water partition coefficient (Wildman–Crippen LogP) is 3.92. The van der Waals surface area contributed by atoms with Gasteiger partial charge in [0.05, 0.1) is 4.92 Å². The molecule has 2 N–H and O–H groups in total. The van der Waals surface area contributed by atoms with Crippen molar-refractivity contribution >= 4 is 29.7 Å². The Morgan fingerprint density at radius 2 is 2.00 bits per heavy atom. The quantitative estimate of drug-likeness (QED) is 0.685. The Bertz CT molecular complexity index is 620. The number of nitrogens with zero attached hydrogens (tertiary/aromatic N) is 1. The molecule has 0 unspecified atom stereocenters. The molecule has 2 aromatic rings. The molecule has 0 aliphatic carbocycles. The summed E-state index contributed by atoms with van der Waals surface area (Å²) in [4.78, 5) is 10.4. The number of nitro benzene ring substituents is 1. The zero-order chi connectivity index (χ0) is 13.8. The summed E-state index contributed by atoms with van der Waals surface area (Å²) in [5, 5.41) is 11.3. The van der Waals surface area contributed by atoms with E-state index in [4.69, 9.17) is 22.1 Å². The minimum Gasteiger partial charge on any atom is -0.450 e. The summed E-state index contributed by atoms with van der Waals surface area (Å²) in [6, 6.07) is 11.2. The van der Waals surface area contributed by atoms with Crippen molar-refractivity contribution in [2.45, 2.75) is 6.54 Å². The number of benzene rings is 2. The Balaban J connectivity index is 0.00000200. The highest BCUT2D eigenvalue weighted by Crippen LogP contribution is 2.33. The molecule has 5 nitrogen and oxygen atoms in total. The zero-order valence-electron chi connectivity index (χ0n) is 10.3. The van der Waals surface area contributed by atoms with Gasteiger partial charge in [0.2, 0.25) is 5.75 Å². The van der Waals surface area contributed by atoms with E-state index in [0.717, 1.165) is 5.56 Å². The van der Waals surface area contributed by atoms with Gasteiger partial charge in [-0.05, 0) is 23.8 Å². The van der Waals surface area contributed by atoms with Crippen LogP contribution in [0, 0.1) is 10.1 Å². The number of nitro groups is 1. The molecule has 0 heterocycles. The molecule has 0 radical (unpaired) electrons. The fourth-order valence-electron chi connectivity index (χ4n) is 1.58. The average Bonchev–Trinajstić information content (AvgIpc) is 2.38. The molecule has 2 aromatic carbocycles. The van der Waals surface area contributed by atoms with Crippen LogP contribution >= 0.6 is 24.0 Å². The highest BCUT2D eigenvalue weighted by molar-refractivity contribution is 6.30. The standard InChI is InChI=1S/C13H11ClN2O3.ClH/c14-10-4-5-12(16(17)18)13(7-10)19-11-3-1-2-9(6-11)8-15;/h1-7H,8,15H2;1H. The topological polar surface area (TPSA) is 78.4 Å². The van der Waals surface area contributed by atoms with Gasteiger partial charge in [-0.2, -0.15) is 0 Å². The van der Waals surface area contributed by atoms with Crippen molar-refractivity contribution in [2.75, 3.05) is 0 Å². The SMILES string of the molecule is Cl.NCc1cccc(Oc2cc(Cl)ccc2[N+](=O)[O-])c1. The van der Waals surface area contributed by atoms with E-state index in [1.54, 1.807) is 18.2 Å². The largest absolute Gasteiger partial charge is 0.450 e. The number of hydrogen-bond donors (Lipinski definition) is 1. The molecular formula is C13H12Cl2N2O3. The molecule has 0 fully saturated rings. The number of nitrogens with two attached hydrogens (primary N) is 1. The van der Waals surface area contributed by atoms with E-state index in [0.29, 0.717) is 17.3 Å². The minimum absolute atomic E-state index is 0. The first-order valence-corrected chi connectivity index (χ1v) is 5.89. The van der Waals surface area contributed by atoms with Gasteiger partial charge in [-0.1, -0.05) is 23.7 Å². The Morgan fingerprint density at radius 3 is 2.65 bits per heavy atom. The van der Waals surface area contributed by atoms with Crippen molar-refractivity contribution < 1.29 is 9.66 Å². The summed E-state index contributed by atoms with van der Waals surface area (Å²) in [7, 11) is 0. The first-order chi connectivity index (χ1) is 9.10. The normalized spacial score (nSPS) is 9.70. The van der Waals surface area contributed by atoms with Crippen LogP contribution in [0.5, 0.6) is 11.5 Å². The number of ether oxygens (including phenoxy) is 1. The zero-order valence-corrected chi connectivity index (χ0v) is 11.9. The van der Waals surface area contributed by atoms with Crippen LogP contribution in [0.15, 0.2) is 42.5 Å². The minimum atomic E-state index is -0.515. The summed E-state index contributed by atoms with van der Waals surface area (Å²) in [5.41, 5.74) is 6.27.